The predicted molar refractivity (Wildman–Crippen MR) is 62.5 cm³/mol. The van der Waals surface area contributed by atoms with E-state index in [2.05, 4.69) is 15.5 Å². The number of rotatable bonds is 2. The van der Waals surface area contributed by atoms with Crippen molar-refractivity contribution in [1.29, 1.82) is 0 Å². The number of nitrogens with zero attached hydrogens (tertiary/aromatic N) is 1. The average Bonchev–Trinajstić information content (AvgIpc) is 2.59. The Morgan fingerprint density at radius 1 is 1.47 bits per heavy atom. The Bertz CT molecular complexity index is 478. The molecule has 78 valence electrons. The highest BCUT2D eigenvalue weighted by molar-refractivity contribution is 6.31. The summed E-state index contributed by atoms with van der Waals surface area (Å²) in [5, 5.41) is 10.3. The number of aromatic nitrogens is 2. The summed E-state index contributed by atoms with van der Waals surface area (Å²) in [6, 6.07) is 5.73. The fraction of sp³-hybridized carbons (Fsp3) is 0.100. The molecule has 4 nitrogen and oxygen atoms in total. The number of anilines is 3. The van der Waals surface area contributed by atoms with Gasteiger partial charge in [-0.1, -0.05) is 17.7 Å². The minimum atomic E-state index is 0.506. The van der Waals surface area contributed by atoms with Gasteiger partial charge in [-0.15, -0.1) is 0 Å². The Morgan fingerprint density at radius 3 is 2.87 bits per heavy atom. The number of H-pyrrole nitrogens is 1. The van der Waals surface area contributed by atoms with Crippen molar-refractivity contribution in [2.45, 2.75) is 6.92 Å². The largest absolute Gasteiger partial charge is 0.382 e. The molecule has 5 heteroatoms. The van der Waals surface area contributed by atoms with Crippen molar-refractivity contribution in [3.05, 3.63) is 35.0 Å². The van der Waals surface area contributed by atoms with Crippen LogP contribution in [-0.2, 0) is 0 Å². The van der Waals surface area contributed by atoms with Gasteiger partial charge >= 0.3 is 0 Å². The van der Waals surface area contributed by atoms with Gasteiger partial charge in [0.1, 0.15) is 11.5 Å². The Morgan fingerprint density at radius 2 is 2.27 bits per heavy atom. The van der Waals surface area contributed by atoms with E-state index in [-0.39, 0.29) is 0 Å². The van der Waals surface area contributed by atoms with E-state index in [1.165, 1.54) is 0 Å². The van der Waals surface area contributed by atoms with Crippen molar-refractivity contribution in [2.75, 3.05) is 11.1 Å². The number of hydrogen-bond acceptors (Lipinski definition) is 3. The van der Waals surface area contributed by atoms with Crippen LogP contribution in [0, 0.1) is 6.92 Å². The van der Waals surface area contributed by atoms with Crippen molar-refractivity contribution in [2.24, 2.45) is 0 Å². The molecular formula is C10H11ClN4. The highest BCUT2D eigenvalue weighted by Gasteiger charge is 2.02. The third-order valence-corrected chi connectivity index (χ3v) is 2.53. The molecule has 1 aromatic heterocycles. The van der Waals surface area contributed by atoms with Gasteiger partial charge < -0.3 is 11.1 Å². The Kier molecular flexibility index (Phi) is 2.51. The number of nitrogens with one attached hydrogen (secondary N) is 2. The molecule has 0 bridgehead atoms. The van der Waals surface area contributed by atoms with E-state index < -0.39 is 0 Å². The highest BCUT2D eigenvalue weighted by Crippen LogP contribution is 2.24. The van der Waals surface area contributed by atoms with Crippen LogP contribution < -0.4 is 11.1 Å². The summed E-state index contributed by atoms with van der Waals surface area (Å²) in [7, 11) is 0. The van der Waals surface area contributed by atoms with Crippen molar-refractivity contribution in [3.63, 3.8) is 0 Å². The molecule has 4 N–H and O–H groups in total. The lowest BCUT2D eigenvalue weighted by molar-refractivity contribution is 1.10. The zero-order valence-electron chi connectivity index (χ0n) is 8.21. The van der Waals surface area contributed by atoms with Crippen LogP contribution in [0.15, 0.2) is 24.4 Å². The number of nitrogens with two attached hydrogens (primary N) is 1. The maximum absolute atomic E-state index is 6.00. The standard InChI is InChI=1S/C10H11ClN4/c1-6-2-3-7(4-8(6)11)14-9-5-13-15-10(9)12/h2-5,14H,1H3,(H3,12,13,15). The van der Waals surface area contributed by atoms with Gasteiger partial charge in [0.2, 0.25) is 0 Å². The van der Waals surface area contributed by atoms with Crippen LogP contribution in [0.3, 0.4) is 0 Å². The van der Waals surface area contributed by atoms with Crippen molar-refractivity contribution in [3.8, 4) is 0 Å². The highest BCUT2D eigenvalue weighted by atomic mass is 35.5. The molecule has 1 aromatic carbocycles. The predicted octanol–water partition coefficient (Wildman–Crippen LogP) is 2.70. The van der Waals surface area contributed by atoms with Crippen molar-refractivity contribution >= 4 is 28.8 Å². The van der Waals surface area contributed by atoms with Crippen molar-refractivity contribution < 1.29 is 0 Å². The van der Waals surface area contributed by atoms with Gasteiger partial charge in [0.25, 0.3) is 0 Å². The minimum absolute atomic E-state index is 0.506. The fourth-order valence-electron chi connectivity index (χ4n) is 1.22. The van der Waals surface area contributed by atoms with E-state index in [4.69, 9.17) is 17.3 Å². The SMILES string of the molecule is Cc1ccc(Nc2cn[nH]c2N)cc1Cl. The van der Waals surface area contributed by atoms with E-state index in [0.717, 1.165) is 22.0 Å². The minimum Gasteiger partial charge on any atom is -0.382 e. The normalized spacial score (nSPS) is 10.3. The van der Waals surface area contributed by atoms with Gasteiger partial charge in [0.15, 0.2) is 0 Å². The molecule has 0 unspecified atom stereocenters. The molecule has 1 heterocycles. The molecule has 0 amide bonds. The summed E-state index contributed by atoms with van der Waals surface area (Å²) in [6.45, 7) is 1.96. The first kappa shape index (κ1) is 9.86. The molecule has 0 aliphatic carbocycles. The van der Waals surface area contributed by atoms with Crippen molar-refractivity contribution in [1.82, 2.24) is 10.2 Å². The quantitative estimate of drug-likeness (QED) is 0.732. The molecule has 2 rings (SSSR count). The van der Waals surface area contributed by atoms with Gasteiger partial charge in [-0.25, -0.2) is 0 Å². The Balaban J connectivity index is 2.25. The lowest BCUT2D eigenvalue weighted by atomic mass is 10.2. The smallest absolute Gasteiger partial charge is 0.143 e. The Labute approximate surface area is 92.4 Å². The first-order chi connectivity index (χ1) is 7.16. The van der Waals surface area contributed by atoms with Crippen LogP contribution in [0.5, 0.6) is 0 Å². The first-order valence-corrected chi connectivity index (χ1v) is 4.86. The first-order valence-electron chi connectivity index (χ1n) is 4.49. The molecule has 0 saturated carbocycles. The van der Waals surface area contributed by atoms with Crippen LogP contribution in [0.4, 0.5) is 17.2 Å². The van der Waals surface area contributed by atoms with Gasteiger partial charge in [0, 0.05) is 10.7 Å². The third-order valence-electron chi connectivity index (χ3n) is 2.12. The van der Waals surface area contributed by atoms with Crippen LogP contribution in [-0.4, -0.2) is 10.2 Å². The van der Waals surface area contributed by atoms with Crippen LogP contribution in [0.25, 0.3) is 0 Å². The lowest BCUT2D eigenvalue weighted by Gasteiger charge is -2.06. The van der Waals surface area contributed by atoms with Crippen LogP contribution in [0.2, 0.25) is 5.02 Å². The van der Waals surface area contributed by atoms with E-state index in [9.17, 15) is 0 Å². The van der Waals surface area contributed by atoms with E-state index >= 15 is 0 Å². The monoisotopic (exact) mass is 222 g/mol. The molecule has 0 saturated heterocycles. The topological polar surface area (TPSA) is 66.7 Å². The van der Waals surface area contributed by atoms with Crippen LogP contribution in [0.1, 0.15) is 5.56 Å². The summed E-state index contributed by atoms with van der Waals surface area (Å²) in [5.74, 6) is 0.506. The average molecular weight is 223 g/mol. The molecule has 15 heavy (non-hydrogen) atoms. The molecule has 0 radical (unpaired) electrons. The second-order valence-corrected chi connectivity index (χ2v) is 3.69. The molecule has 0 fully saturated rings. The molecule has 0 atom stereocenters. The zero-order chi connectivity index (χ0) is 10.8. The maximum atomic E-state index is 6.00. The van der Waals surface area contributed by atoms with Gasteiger partial charge in [-0.2, -0.15) is 5.10 Å². The molecule has 0 aliphatic rings. The van der Waals surface area contributed by atoms with E-state index in [0.29, 0.717) is 5.82 Å². The summed E-state index contributed by atoms with van der Waals surface area (Å²) in [5.41, 5.74) is 8.32. The fourth-order valence-corrected chi connectivity index (χ4v) is 1.40. The summed E-state index contributed by atoms with van der Waals surface area (Å²) >= 11 is 6.00. The van der Waals surface area contributed by atoms with Crippen LogP contribution >= 0.6 is 11.6 Å². The second-order valence-electron chi connectivity index (χ2n) is 3.29. The number of nitrogen functional groups attached to an aromatic ring is 1. The zero-order valence-corrected chi connectivity index (χ0v) is 8.97. The molecular weight excluding hydrogens is 212 g/mol. The summed E-state index contributed by atoms with van der Waals surface area (Å²) in [6.07, 6.45) is 1.63. The second kappa shape index (κ2) is 3.82. The number of aryl methyl sites for hydroxylation is 1. The third kappa shape index (κ3) is 2.05. The number of benzene rings is 1. The van der Waals surface area contributed by atoms with Gasteiger partial charge in [-0.3, -0.25) is 5.10 Å². The Hall–Kier alpha value is -1.68. The van der Waals surface area contributed by atoms with Gasteiger partial charge in [-0.05, 0) is 24.6 Å². The summed E-state index contributed by atoms with van der Waals surface area (Å²) < 4.78 is 0. The molecule has 0 spiro atoms. The number of aromatic amines is 1. The number of halogens is 1. The van der Waals surface area contributed by atoms with E-state index in [1.54, 1.807) is 6.20 Å². The summed E-state index contributed by atoms with van der Waals surface area (Å²) in [4.78, 5) is 0. The van der Waals surface area contributed by atoms with E-state index in [1.807, 2.05) is 25.1 Å². The number of hydrogen-bond donors (Lipinski definition) is 3. The lowest BCUT2D eigenvalue weighted by Crippen LogP contribution is -1.94. The van der Waals surface area contributed by atoms with Gasteiger partial charge in [0.05, 0.1) is 6.20 Å². The maximum Gasteiger partial charge on any atom is 0.143 e. The molecule has 0 aliphatic heterocycles. The molecule has 2 aromatic rings.